The predicted octanol–water partition coefficient (Wildman–Crippen LogP) is 2.59. The van der Waals surface area contributed by atoms with Crippen LogP contribution in [-0.4, -0.2) is 47.8 Å². The third kappa shape index (κ3) is 4.43. The molecule has 140 valence electrons. The van der Waals surface area contributed by atoms with Crippen LogP contribution in [0.4, 0.5) is 5.69 Å². The number of amides is 1. The molecule has 6 nitrogen and oxygen atoms in total. The number of nitrogens with one attached hydrogen (secondary N) is 1. The van der Waals surface area contributed by atoms with Crippen LogP contribution < -0.4 is 10.1 Å². The molecular weight excluding hydrogens is 328 g/mol. The highest BCUT2D eigenvalue weighted by Gasteiger charge is 2.27. The lowest BCUT2D eigenvalue weighted by Crippen LogP contribution is -2.29. The molecule has 0 aliphatic heterocycles. The van der Waals surface area contributed by atoms with E-state index in [-0.39, 0.29) is 11.8 Å². The van der Waals surface area contributed by atoms with E-state index in [1.807, 2.05) is 49.2 Å². The summed E-state index contributed by atoms with van der Waals surface area (Å²) in [6, 6.07) is 7.61. The molecule has 1 atom stereocenters. The maximum atomic E-state index is 12.7. The van der Waals surface area contributed by atoms with Gasteiger partial charge in [0.15, 0.2) is 0 Å². The molecule has 1 aliphatic carbocycles. The predicted molar refractivity (Wildman–Crippen MR) is 103 cm³/mol. The van der Waals surface area contributed by atoms with Gasteiger partial charge in [0.2, 0.25) is 5.91 Å². The first-order valence-electron chi connectivity index (χ1n) is 9.29. The van der Waals surface area contributed by atoms with Crippen molar-refractivity contribution in [1.29, 1.82) is 0 Å². The van der Waals surface area contributed by atoms with E-state index in [1.54, 1.807) is 0 Å². The average Bonchev–Trinajstić information content (AvgIpc) is 3.04. The van der Waals surface area contributed by atoms with Gasteiger partial charge in [0, 0.05) is 42.9 Å². The molecule has 2 aromatic rings. The van der Waals surface area contributed by atoms with E-state index in [9.17, 15) is 4.79 Å². The van der Waals surface area contributed by atoms with Crippen LogP contribution in [0.2, 0.25) is 0 Å². The van der Waals surface area contributed by atoms with E-state index in [1.165, 1.54) is 11.3 Å². The fraction of sp³-hybridized carbons (Fsp3) is 0.500. The van der Waals surface area contributed by atoms with E-state index in [4.69, 9.17) is 4.74 Å². The van der Waals surface area contributed by atoms with Crippen LogP contribution in [0, 0.1) is 5.92 Å². The molecule has 0 bridgehead atoms. The van der Waals surface area contributed by atoms with Crippen LogP contribution in [0.5, 0.6) is 5.75 Å². The van der Waals surface area contributed by atoms with Crippen molar-refractivity contribution in [1.82, 2.24) is 14.7 Å². The monoisotopic (exact) mass is 356 g/mol. The topological polar surface area (TPSA) is 59.4 Å². The fourth-order valence-corrected chi connectivity index (χ4v) is 3.31. The third-order valence-corrected chi connectivity index (χ3v) is 4.82. The molecule has 3 rings (SSSR count). The van der Waals surface area contributed by atoms with Gasteiger partial charge in [-0.05, 0) is 51.6 Å². The van der Waals surface area contributed by atoms with Crippen LogP contribution >= 0.6 is 0 Å². The SMILES string of the molecule is CCn1ncc2c1CC(C(=O)Nc1cccc(OCCN(C)C)c1)CC2. The number of rotatable bonds is 7. The van der Waals surface area contributed by atoms with Gasteiger partial charge in [-0.2, -0.15) is 5.10 Å². The number of benzene rings is 1. The largest absolute Gasteiger partial charge is 0.492 e. The normalized spacial score (nSPS) is 16.4. The van der Waals surface area contributed by atoms with E-state index in [2.05, 4.69) is 22.2 Å². The van der Waals surface area contributed by atoms with Crippen molar-refractivity contribution in [2.45, 2.75) is 32.7 Å². The number of aromatic nitrogens is 2. The highest BCUT2D eigenvalue weighted by Crippen LogP contribution is 2.27. The van der Waals surface area contributed by atoms with Crippen molar-refractivity contribution < 1.29 is 9.53 Å². The molecule has 1 heterocycles. The molecule has 26 heavy (non-hydrogen) atoms. The highest BCUT2D eigenvalue weighted by molar-refractivity contribution is 5.93. The maximum Gasteiger partial charge on any atom is 0.227 e. The van der Waals surface area contributed by atoms with Crippen molar-refractivity contribution in [3.8, 4) is 5.75 Å². The van der Waals surface area contributed by atoms with Crippen LogP contribution in [0.25, 0.3) is 0 Å². The maximum absolute atomic E-state index is 12.7. The molecule has 0 spiro atoms. The summed E-state index contributed by atoms with van der Waals surface area (Å²) in [4.78, 5) is 14.8. The zero-order chi connectivity index (χ0) is 18.5. The number of fused-ring (bicyclic) bond motifs is 1. The Balaban J connectivity index is 1.60. The summed E-state index contributed by atoms with van der Waals surface area (Å²) in [7, 11) is 4.03. The zero-order valence-corrected chi connectivity index (χ0v) is 15.9. The second-order valence-corrected chi connectivity index (χ2v) is 7.04. The van der Waals surface area contributed by atoms with Crippen molar-refractivity contribution >= 4 is 11.6 Å². The first-order valence-corrected chi connectivity index (χ1v) is 9.29. The summed E-state index contributed by atoms with van der Waals surface area (Å²) in [5.74, 6) is 0.840. The van der Waals surface area contributed by atoms with Gasteiger partial charge >= 0.3 is 0 Å². The minimum atomic E-state index is -0.0113. The summed E-state index contributed by atoms with van der Waals surface area (Å²) in [6.07, 6.45) is 4.49. The molecule has 1 unspecified atom stereocenters. The fourth-order valence-electron chi connectivity index (χ4n) is 3.31. The van der Waals surface area contributed by atoms with Gasteiger partial charge in [-0.25, -0.2) is 0 Å². The number of aryl methyl sites for hydroxylation is 2. The number of anilines is 1. The number of carbonyl (C=O) groups excluding carboxylic acids is 1. The Morgan fingerprint density at radius 2 is 2.27 bits per heavy atom. The summed E-state index contributed by atoms with van der Waals surface area (Å²) in [5.41, 5.74) is 3.28. The zero-order valence-electron chi connectivity index (χ0n) is 15.9. The quantitative estimate of drug-likeness (QED) is 0.828. The molecule has 1 aliphatic rings. The van der Waals surface area contributed by atoms with E-state index in [0.29, 0.717) is 6.61 Å². The van der Waals surface area contributed by atoms with Crippen LogP contribution in [0.3, 0.4) is 0 Å². The molecule has 6 heteroatoms. The van der Waals surface area contributed by atoms with Crippen molar-refractivity contribution in [3.63, 3.8) is 0 Å². The van der Waals surface area contributed by atoms with Gasteiger partial charge in [0.05, 0.1) is 6.20 Å². The molecule has 0 fully saturated rings. The van der Waals surface area contributed by atoms with E-state index < -0.39 is 0 Å². The minimum absolute atomic E-state index is 0.0113. The molecular formula is C20H28N4O2. The van der Waals surface area contributed by atoms with Gasteiger partial charge in [0.25, 0.3) is 0 Å². The van der Waals surface area contributed by atoms with Crippen molar-refractivity contribution in [3.05, 3.63) is 41.7 Å². The number of likely N-dealkylation sites (N-methyl/N-ethyl adjacent to an activating group) is 1. The summed E-state index contributed by atoms with van der Waals surface area (Å²) < 4.78 is 7.75. The van der Waals surface area contributed by atoms with Gasteiger partial charge in [-0.3, -0.25) is 9.48 Å². The smallest absolute Gasteiger partial charge is 0.227 e. The lowest BCUT2D eigenvalue weighted by Gasteiger charge is -2.22. The first kappa shape index (κ1) is 18.5. The Morgan fingerprint density at radius 3 is 3.04 bits per heavy atom. The first-order chi connectivity index (χ1) is 12.6. The van der Waals surface area contributed by atoms with Gasteiger partial charge in [0.1, 0.15) is 12.4 Å². The Bertz CT molecular complexity index is 741. The molecule has 1 N–H and O–H groups in total. The van der Waals surface area contributed by atoms with E-state index in [0.717, 1.165) is 43.8 Å². The second kappa shape index (κ2) is 8.36. The molecule has 1 aromatic carbocycles. The van der Waals surface area contributed by atoms with Crippen molar-refractivity contribution in [2.75, 3.05) is 32.6 Å². The molecule has 0 radical (unpaired) electrons. The number of ether oxygens (including phenoxy) is 1. The Kier molecular flexibility index (Phi) is 5.93. The van der Waals surface area contributed by atoms with Gasteiger partial charge < -0.3 is 15.0 Å². The van der Waals surface area contributed by atoms with E-state index >= 15 is 0 Å². The Hall–Kier alpha value is -2.34. The van der Waals surface area contributed by atoms with Crippen LogP contribution in [-0.2, 0) is 24.2 Å². The van der Waals surface area contributed by atoms with Crippen LogP contribution in [0.1, 0.15) is 24.6 Å². The summed E-state index contributed by atoms with van der Waals surface area (Å²) >= 11 is 0. The van der Waals surface area contributed by atoms with Crippen molar-refractivity contribution in [2.24, 2.45) is 5.92 Å². The number of carbonyl (C=O) groups is 1. The Labute approximate surface area is 155 Å². The molecule has 0 saturated heterocycles. The molecule has 1 amide bonds. The van der Waals surface area contributed by atoms with Crippen LogP contribution in [0.15, 0.2) is 30.5 Å². The standard InChI is InChI=1S/C20H28N4O2/c1-4-24-19-12-15(8-9-16(19)14-21-24)20(25)22-17-6-5-7-18(13-17)26-11-10-23(2)3/h5-7,13-15H,4,8-12H2,1-3H3,(H,22,25). The van der Waals surface area contributed by atoms with Gasteiger partial charge in [-0.1, -0.05) is 6.07 Å². The molecule has 0 saturated carbocycles. The lowest BCUT2D eigenvalue weighted by atomic mass is 9.87. The lowest BCUT2D eigenvalue weighted by molar-refractivity contribution is -0.120. The summed E-state index contributed by atoms with van der Waals surface area (Å²) in [6.45, 7) is 4.40. The molecule has 1 aromatic heterocycles. The van der Waals surface area contributed by atoms with Gasteiger partial charge in [-0.15, -0.1) is 0 Å². The highest BCUT2D eigenvalue weighted by atomic mass is 16.5. The number of hydrogen-bond acceptors (Lipinski definition) is 4. The minimum Gasteiger partial charge on any atom is -0.492 e. The number of hydrogen-bond donors (Lipinski definition) is 1. The average molecular weight is 356 g/mol. The number of nitrogens with zero attached hydrogens (tertiary/aromatic N) is 3. The third-order valence-electron chi connectivity index (χ3n) is 4.82. The Morgan fingerprint density at radius 1 is 1.42 bits per heavy atom. The summed E-state index contributed by atoms with van der Waals surface area (Å²) in [5, 5.41) is 7.46. The second-order valence-electron chi connectivity index (χ2n) is 7.04.